The van der Waals surface area contributed by atoms with E-state index in [0.29, 0.717) is 5.82 Å². The molecule has 1 amide bonds. The summed E-state index contributed by atoms with van der Waals surface area (Å²) in [6.07, 6.45) is 8.63. The molecule has 7 rings (SSSR count). The molecule has 1 atom stereocenters. The Kier molecular flexibility index (Phi) is 6.43. The molecule has 2 saturated heterocycles. The summed E-state index contributed by atoms with van der Waals surface area (Å²) in [4.78, 5) is 19.4. The number of nitrogens with two attached hydrogens (primary N) is 1. The van der Waals surface area contributed by atoms with Crippen molar-refractivity contribution in [2.24, 2.45) is 0 Å². The highest BCUT2D eigenvalue weighted by Crippen LogP contribution is 2.37. The first-order chi connectivity index (χ1) is 19.6. The van der Waals surface area contributed by atoms with E-state index in [-0.39, 0.29) is 17.9 Å². The summed E-state index contributed by atoms with van der Waals surface area (Å²) in [5.41, 5.74) is 12.6. The van der Waals surface area contributed by atoms with Crippen LogP contribution in [0.3, 0.4) is 0 Å². The van der Waals surface area contributed by atoms with Crippen molar-refractivity contribution in [3.8, 4) is 11.1 Å². The van der Waals surface area contributed by atoms with Crippen molar-refractivity contribution in [1.82, 2.24) is 34.6 Å². The number of fused-ring (bicyclic) bond motifs is 2. The molecule has 2 aliphatic heterocycles. The van der Waals surface area contributed by atoms with Gasteiger partial charge in [0.05, 0.1) is 18.1 Å². The molecule has 204 valence electrons. The Morgan fingerprint density at radius 1 is 1.02 bits per heavy atom. The number of aromatic nitrogens is 5. The third kappa shape index (κ3) is 4.60. The van der Waals surface area contributed by atoms with E-state index < -0.39 is 0 Å². The molecule has 9 nitrogen and oxygen atoms in total. The van der Waals surface area contributed by atoms with Gasteiger partial charge in [-0.05, 0) is 55.5 Å². The van der Waals surface area contributed by atoms with Gasteiger partial charge in [-0.2, -0.15) is 10.2 Å². The van der Waals surface area contributed by atoms with Crippen LogP contribution in [0.5, 0.6) is 0 Å². The number of piperidine rings is 2. The van der Waals surface area contributed by atoms with E-state index in [1.807, 2.05) is 20.2 Å². The van der Waals surface area contributed by atoms with Gasteiger partial charge in [0, 0.05) is 41.8 Å². The lowest BCUT2D eigenvalue weighted by atomic mass is 9.92. The number of likely N-dealkylation sites (tertiary alicyclic amines) is 1. The van der Waals surface area contributed by atoms with E-state index in [4.69, 9.17) is 10.8 Å². The van der Waals surface area contributed by atoms with Crippen molar-refractivity contribution < 1.29 is 4.79 Å². The quantitative estimate of drug-likeness (QED) is 0.350. The van der Waals surface area contributed by atoms with Crippen molar-refractivity contribution in [3.05, 3.63) is 78.4 Å². The van der Waals surface area contributed by atoms with Crippen LogP contribution in [0.2, 0.25) is 0 Å². The van der Waals surface area contributed by atoms with Crippen LogP contribution in [0, 0.1) is 0 Å². The lowest BCUT2D eigenvalue weighted by Gasteiger charge is -2.35. The highest BCUT2D eigenvalue weighted by Gasteiger charge is 2.31. The number of hydrogen-bond acceptors (Lipinski definition) is 6. The molecule has 0 aliphatic carbocycles. The van der Waals surface area contributed by atoms with Crippen molar-refractivity contribution in [1.29, 1.82) is 0 Å². The smallest absolute Gasteiger partial charge is 0.239 e. The molecule has 0 radical (unpaired) electrons. The van der Waals surface area contributed by atoms with Crippen LogP contribution in [0.15, 0.2) is 67.1 Å². The SMILES string of the molecule is Nc1ncnn2c(C3CCN(C(=O)C4CCCCN4)CC3)cc(-c3ccc4cn(Cc5ccccc5)nc4c3)c12. The molecular formula is C31H34N8O. The van der Waals surface area contributed by atoms with Crippen LogP contribution < -0.4 is 11.1 Å². The largest absolute Gasteiger partial charge is 0.382 e. The molecule has 2 aromatic carbocycles. The van der Waals surface area contributed by atoms with Gasteiger partial charge in [-0.3, -0.25) is 9.48 Å². The predicted molar refractivity (Wildman–Crippen MR) is 156 cm³/mol. The highest BCUT2D eigenvalue weighted by molar-refractivity contribution is 5.92. The van der Waals surface area contributed by atoms with Crippen molar-refractivity contribution >= 4 is 28.1 Å². The molecule has 2 fully saturated rings. The van der Waals surface area contributed by atoms with E-state index in [9.17, 15) is 4.79 Å². The molecule has 0 bridgehead atoms. The monoisotopic (exact) mass is 534 g/mol. The van der Waals surface area contributed by atoms with Crippen LogP contribution in [-0.4, -0.2) is 60.9 Å². The van der Waals surface area contributed by atoms with Gasteiger partial charge in [0.25, 0.3) is 0 Å². The maximum Gasteiger partial charge on any atom is 0.239 e. The second-order valence-corrected chi connectivity index (χ2v) is 11.1. The molecule has 5 heterocycles. The zero-order valence-electron chi connectivity index (χ0n) is 22.5. The van der Waals surface area contributed by atoms with E-state index in [2.05, 4.69) is 70.1 Å². The number of nitrogens with one attached hydrogen (secondary N) is 1. The molecule has 3 N–H and O–H groups in total. The Labute approximate surface area is 233 Å². The summed E-state index contributed by atoms with van der Waals surface area (Å²) < 4.78 is 3.95. The fraction of sp³-hybridized carbons (Fsp3) is 0.355. The molecule has 40 heavy (non-hydrogen) atoms. The minimum Gasteiger partial charge on any atom is -0.382 e. The van der Waals surface area contributed by atoms with Gasteiger partial charge in [0.15, 0.2) is 5.82 Å². The molecule has 9 heteroatoms. The van der Waals surface area contributed by atoms with Gasteiger partial charge in [-0.25, -0.2) is 9.50 Å². The van der Waals surface area contributed by atoms with Gasteiger partial charge in [0.1, 0.15) is 11.8 Å². The first-order valence-corrected chi connectivity index (χ1v) is 14.3. The van der Waals surface area contributed by atoms with Gasteiger partial charge in [0.2, 0.25) is 5.91 Å². The van der Waals surface area contributed by atoms with E-state index in [1.165, 1.54) is 11.9 Å². The van der Waals surface area contributed by atoms with Crippen LogP contribution in [-0.2, 0) is 11.3 Å². The zero-order valence-corrected chi connectivity index (χ0v) is 22.5. The fourth-order valence-corrected chi connectivity index (χ4v) is 6.37. The van der Waals surface area contributed by atoms with Gasteiger partial charge in [-0.15, -0.1) is 0 Å². The summed E-state index contributed by atoms with van der Waals surface area (Å²) >= 11 is 0. The zero-order chi connectivity index (χ0) is 27.1. The third-order valence-corrected chi connectivity index (χ3v) is 8.50. The van der Waals surface area contributed by atoms with Crippen LogP contribution >= 0.6 is 0 Å². The second kappa shape index (κ2) is 10.4. The number of rotatable bonds is 5. The maximum absolute atomic E-state index is 13.1. The predicted octanol–water partition coefficient (Wildman–Crippen LogP) is 4.22. The van der Waals surface area contributed by atoms with Crippen molar-refractivity contribution in [2.75, 3.05) is 25.4 Å². The Morgan fingerprint density at radius 2 is 1.88 bits per heavy atom. The van der Waals surface area contributed by atoms with Gasteiger partial charge < -0.3 is 16.0 Å². The number of carbonyl (C=O) groups is 1. The second-order valence-electron chi connectivity index (χ2n) is 11.1. The third-order valence-electron chi connectivity index (χ3n) is 8.50. The number of benzene rings is 2. The summed E-state index contributed by atoms with van der Waals surface area (Å²) in [7, 11) is 0. The lowest BCUT2D eigenvalue weighted by molar-refractivity contribution is -0.135. The molecule has 0 spiro atoms. The summed E-state index contributed by atoms with van der Waals surface area (Å²) in [5.74, 6) is 1.00. The average molecular weight is 535 g/mol. The lowest BCUT2D eigenvalue weighted by Crippen LogP contribution is -2.50. The van der Waals surface area contributed by atoms with Gasteiger partial charge in [-0.1, -0.05) is 48.9 Å². The average Bonchev–Trinajstić information content (AvgIpc) is 3.59. The molecular weight excluding hydrogens is 500 g/mol. The number of nitrogen functional groups attached to an aromatic ring is 1. The highest BCUT2D eigenvalue weighted by atomic mass is 16.2. The van der Waals surface area contributed by atoms with Crippen LogP contribution in [0.4, 0.5) is 5.82 Å². The Balaban J connectivity index is 1.17. The van der Waals surface area contributed by atoms with Crippen molar-refractivity contribution in [3.63, 3.8) is 0 Å². The van der Waals surface area contributed by atoms with E-state index in [0.717, 1.165) is 91.5 Å². The number of hydrogen-bond donors (Lipinski definition) is 2. The number of carbonyl (C=O) groups excluding carboxylic acids is 1. The number of amides is 1. The molecule has 5 aromatic rings. The summed E-state index contributed by atoms with van der Waals surface area (Å²) in [6.45, 7) is 3.18. The van der Waals surface area contributed by atoms with Crippen LogP contribution in [0.1, 0.15) is 49.3 Å². The maximum atomic E-state index is 13.1. The summed E-state index contributed by atoms with van der Waals surface area (Å²) in [5, 5.41) is 14.0. The molecule has 2 aliphatic rings. The first kappa shape index (κ1) is 24.8. The number of anilines is 1. The number of nitrogens with zero attached hydrogens (tertiary/aromatic N) is 6. The normalized spacial score (nSPS) is 18.5. The van der Waals surface area contributed by atoms with E-state index in [1.54, 1.807) is 0 Å². The molecule has 1 unspecified atom stereocenters. The summed E-state index contributed by atoms with van der Waals surface area (Å²) in [6, 6.07) is 18.9. The standard InChI is InChI=1S/C31H34N8O/c32-30-29-25(23-9-10-24-19-38(36-27(24)16-23)18-21-6-2-1-3-7-21)17-28(39(29)35-20-34-30)22-11-14-37(15-12-22)31(40)26-8-4-5-13-33-26/h1-3,6-7,9-10,16-17,19-20,22,26,33H,4-5,8,11-15,18H2,(H2,32,34,35). The van der Waals surface area contributed by atoms with Gasteiger partial charge >= 0.3 is 0 Å². The van der Waals surface area contributed by atoms with E-state index >= 15 is 0 Å². The topological polar surface area (TPSA) is 106 Å². The fourth-order valence-electron chi connectivity index (χ4n) is 6.37. The minimum atomic E-state index is -0.0235. The Hall–Kier alpha value is -4.24. The first-order valence-electron chi connectivity index (χ1n) is 14.3. The molecule has 0 saturated carbocycles. The Morgan fingerprint density at radius 3 is 2.67 bits per heavy atom. The van der Waals surface area contributed by atoms with Crippen molar-refractivity contribution in [2.45, 2.75) is 50.6 Å². The Bertz CT molecular complexity index is 1660. The van der Waals surface area contributed by atoms with Crippen LogP contribution in [0.25, 0.3) is 27.5 Å². The molecule has 3 aromatic heterocycles. The minimum absolute atomic E-state index is 0.0235.